The number of nitrogens with zero attached hydrogens (tertiary/aromatic N) is 1. The van der Waals surface area contributed by atoms with E-state index < -0.39 is 0 Å². The Labute approximate surface area is 89.4 Å². The Kier molecular flexibility index (Phi) is 3.02. The van der Waals surface area contributed by atoms with Crippen LogP contribution in [0, 0.1) is 0 Å². The van der Waals surface area contributed by atoms with E-state index in [2.05, 4.69) is 24.2 Å². The van der Waals surface area contributed by atoms with Crippen LogP contribution in [-0.2, 0) is 11.3 Å². The van der Waals surface area contributed by atoms with Crippen LogP contribution in [0.5, 0.6) is 0 Å². The summed E-state index contributed by atoms with van der Waals surface area (Å²) in [6.45, 7) is 2.15. The Bertz CT molecular complexity index is 374. The molecule has 1 heterocycles. The third kappa shape index (κ3) is 2.02. The third-order valence-corrected chi connectivity index (χ3v) is 2.65. The number of aliphatic hydroxyl groups excluding tert-OH is 1. The van der Waals surface area contributed by atoms with Crippen LogP contribution in [-0.4, -0.2) is 23.5 Å². The minimum absolute atomic E-state index is 0.0291. The lowest BCUT2D eigenvalue weighted by Crippen LogP contribution is -2.13. The quantitative estimate of drug-likeness (QED) is 0.816. The molecular weight excluding hydrogens is 190 g/mol. The molecule has 80 valence electrons. The predicted molar refractivity (Wildman–Crippen MR) is 58.9 cm³/mol. The summed E-state index contributed by atoms with van der Waals surface area (Å²) in [7, 11) is 0. The average Bonchev–Trinajstić information content (AvgIpc) is 2.77. The van der Waals surface area contributed by atoms with Gasteiger partial charge in [-0.1, -0.05) is 36.3 Å². The van der Waals surface area contributed by atoms with Crippen LogP contribution in [0.15, 0.2) is 29.4 Å². The highest BCUT2D eigenvalue weighted by Gasteiger charge is 2.22. The molecule has 0 fully saturated rings. The lowest BCUT2D eigenvalue weighted by molar-refractivity contribution is 0.0390. The summed E-state index contributed by atoms with van der Waals surface area (Å²) in [6, 6.07) is 8.19. The number of rotatable bonds is 3. The van der Waals surface area contributed by atoms with Crippen molar-refractivity contribution in [1.29, 1.82) is 0 Å². The molecule has 0 radical (unpaired) electrons. The Balaban J connectivity index is 2.23. The molecule has 15 heavy (non-hydrogen) atoms. The van der Waals surface area contributed by atoms with E-state index in [1.165, 1.54) is 5.56 Å². The van der Waals surface area contributed by atoms with Crippen LogP contribution in [0.25, 0.3) is 0 Å². The van der Waals surface area contributed by atoms with Gasteiger partial charge in [-0.15, -0.1) is 0 Å². The molecular formula is C12H15NO2. The van der Waals surface area contributed by atoms with Crippen molar-refractivity contribution in [1.82, 2.24) is 0 Å². The molecule has 0 aliphatic carbocycles. The van der Waals surface area contributed by atoms with Gasteiger partial charge in [0, 0.05) is 12.0 Å². The maximum Gasteiger partial charge on any atom is 0.156 e. The van der Waals surface area contributed by atoms with Crippen molar-refractivity contribution >= 4 is 5.71 Å². The first-order valence-corrected chi connectivity index (χ1v) is 5.27. The van der Waals surface area contributed by atoms with Crippen LogP contribution < -0.4 is 0 Å². The summed E-state index contributed by atoms with van der Waals surface area (Å²) in [6.07, 6.45) is 1.52. The van der Waals surface area contributed by atoms with Gasteiger partial charge in [-0.05, 0) is 12.0 Å². The normalized spacial score (nSPS) is 19.9. The van der Waals surface area contributed by atoms with Gasteiger partial charge in [0.1, 0.15) is 0 Å². The van der Waals surface area contributed by atoms with E-state index in [9.17, 15) is 0 Å². The van der Waals surface area contributed by atoms with E-state index in [0.717, 1.165) is 17.7 Å². The molecule has 1 unspecified atom stereocenters. The molecule has 0 aromatic heterocycles. The fourth-order valence-corrected chi connectivity index (χ4v) is 1.80. The highest BCUT2D eigenvalue weighted by molar-refractivity contribution is 6.02. The van der Waals surface area contributed by atoms with E-state index in [4.69, 9.17) is 9.94 Å². The van der Waals surface area contributed by atoms with Crippen molar-refractivity contribution < 1.29 is 9.94 Å². The second kappa shape index (κ2) is 4.45. The maximum absolute atomic E-state index is 8.96. The van der Waals surface area contributed by atoms with Gasteiger partial charge in [0.15, 0.2) is 6.10 Å². The summed E-state index contributed by atoms with van der Waals surface area (Å²) in [5.41, 5.74) is 3.38. The number of aliphatic hydroxyl groups is 1. The highest BCUT2D eigenvalue weighted by atomic mass is 16.6. The van der Waals surface area contributed by atoms with E-state index in [-0.39, 0.29) is 12.7 Å². The third-order valence-electron chi connectivity index (χ3n) is 2.65. The summed E-state index contributed by atoms with van der Waals surface area (Å²) in [5, 5.41) is 13.0. The zero-order valence-corrected chi connectivity index (χ0v) is 8.81. The number of benzene rings is 1. The molecule has 0 saturated heterocycles. The first-order chi connectivity index (χ1) is 7.35. The van der Waals surface area contributed by atoms with Crippen molar-refractivity contribution in [3.8, 4) is 0 Å². The van der Waals surface area contributed by atoms with Crippen molar-refractivity contribution in [3.05, 3.63) is 35.4 Å². The standard InChI is InChI=1S/C12H15NO2/c1-2-9-5-3-4-6-11(9)12-7-10(8-14)15-13-12/h3-6,10,14H,2,7-8H2,1H3. The van der Waals surface area contributed by atoms with Gasteiger partial charge in [0.05, 0.1) is 12.3 Å². The molecule has 2 rings (SSSR count). The molecule has 1 aromatic carbocycles. The molecule has 1 aliphatic heterocycles. The van der Waals surface area contributed by atoms with Gasteiger partial charge in [-0.25, -0.2) is 0 Å². The van der Waals surface area contributed by atoms with E-state index in [1.54, 1.807) is 0 Å². The van der Waals surface area contributed by atoms with Gasteiger partial charge < -0.3 is 9.94 Å². The fraction of sp³-hybridized carbons (Fsp3) is 0.417. The highest BCUT2D eigenvalue weighted by Crippen LogP contribution is 2.19. The zero-order valence-electron chi connectivity index (χ0n) is 8.81. The minimum Gasteiger partial charge on any atom is -0.392 e. The van der Waals surface area contributed by atoms with Crippen molar-refractivity contribution in [2.24, 2.45) is 5.16 Å². The molecule has 3 heteroatoms. The lowest BCUT2D eigenvalue weighted by atomic mass is 9.98. The molecule has 3 nitrogen and oxygen atoms in total. The summed E-state index contributed by atoms with van der Waals surface area (Å²) >= 11 is 0. The van der Waals surface area contributed by atoms with Crippen LogP contribution in [0.4, 0.5) is 0 Å². The predicted octanol–water partition coefficient (Wildman–Crippen LogP) is 1.73. The summed E-state index contributed by atoms with van der Waals surface area (Å²) in [5.74, 6) is 0. The van der Waals surface area contributed by atoms with E-state index in [1.807, 2.05) is 12.1 Å². The molecule has 1 aromatic rings. The average molecular weight is 205 g/mol. The SMILES string of the molecule is CCc1ccccc1C1=NOC(CO)C1. The molecule has 0 amide bonds. The summed E-state index contributed by atoms with van der Waals surface area (Å²) in [4.78, 5) is 5.11. The number of hydrogen-bond acceptors (Lipinski definition) is 3. The largest absolute Gasteiger partial charge is 0.392 e. The second-order valence-electron chi connectivity index (χ2n) is 3.66. The monoisotopic (exact) mass is 205 g/mol. The summed E-state index contributed by atoms with van der Waals surface area (Å²) < 4.78 is 0. The molecule has 1 N–H and O–H groups in total. The molecule has 0 spiro atoms. The van der Waals surface area contributed by atoms with Gasteiger partial charge in [-0.3, -0.25) is 0 Å². The number of hydrogen-bond donors (Lipinski definition) is 1. The zero-order chi connectivity index (χ0) is 10.7. The Hall–Kier alpha value is -1.35. The van der Waals surface area contributed by atoms with Gasteiger partial charge in [-0.2, -0.15) is 0 Å². The van der Waals surface area contributed by atoms with Gasteiger partial charge >= 0.3 is 0 Å². The fourth-order valence-electron chi connectivity index (χ4n) is 1.80. The first-order valence-electron chi connectivity index (χ1n) is 5.27. The van der Waals surface area contributed by atoms with Gasteiger partial charge in [0.25, 0.3) is 0 Å². The molecule has 0 saturated carbocycles. The van der Waals surface area contributed by atoms with Crippen molar-refractivity contribution in [2.45, 2.75) is 25.9 Å². The van der Waals surface area contributed by atoms with Crippen molar-refractivity contribution in [2.75, 3.05) is 6.61 Å². The first kappa shape index (κ1) is 10.2. The number of oxime groups is 1. The Morgan fingerprint density at radius 1 is 1.47 bits per heavy atom. The Morgan fingerprint density at radius 3 is 2.93 bits per heavy atom. The maximum atomic E-state index is 8.96. The Morgan fingerprint density at radius 2 is 2.27 bits per heavy atom. The minimum atomic E-state index is -0.162. The van der Waals surface area contributed by atoms with Crippen LogP contribution >= 0.6 is 0 Å². The molecule has 0 bridgehead atoms. The second-order valence-corrected chi connectivity index (χ2v) is 3.66. The van der Waals surface area contributed by atoms with Crippen LogP contribution in [0.2, 0.25) is 0 Å². The van der Waals surface area contributed by atoms with Crippen LogP contribution in [0.3, 0.4) is 0 Å². The van der Waals surface area contributed by atoms with Crippen LogP contribution in [0.1, 0.15) is 24.5 Å². The van der Waals surface area contributed by atoms with Gasteiger partial charge in [0.2, 0.25) is 0 Å². The molecule has 1 atom stereocenters. The van der Waals surface area contributed by atoms with Crippen molar-refractivity contribution in [3.63, 3.8) is 0 Å². The van der Waals surface area contributed by atoms with E-state index in [0.29, 0.717) is 6.42 Å². The topological polar surface area (TPSA) is 41.8 Å². The lowest BCUT2D eigenvalue weighted by Gasteiger charge is -2.05. The smallest absolute Gasteiger partial charge is 0.156 e. The molecule has 1 aliphatic rings. The number of aryl methyl sites for hydroxylation is 1. The van der Waals surface area contributed by atoms with E-state index >= 15 is 0 Å².